The van der Waals surface area contributed by atoms with E-state index in [9.17, 15) is 4.79 Å². The molecule has 144 valence electrons. The minimum Gasteiger partial charge on any atom is -0.477 e. The Bertz CT molecular complexity index is 645. The largest absolute Gasteiger partial charge is 0.477 e. The average molecular weight is 363 g/mol. The number of carbonyl (C=O) groups is 1. The van der Waals surface area contributed by atoms with Gasteiger partial charge >= 0.3 is 5.97 Å². The van der Waals surface area contributed by atoms with Gasteiger partial charge in [-0.05, 0) is 45.6 Å². The molecule has 0 aliphatic carbocycles. The third-order valence-electron chi connectivity index (χ3n) is 4.73. The van der Waals surface area contributed by atoms with Crippen LogP contribution in [0.2, 0.25) is 0 Å². The summed E-state index contributed by atoms with van der Waals surface area (Å²) in [6.45, 7) is 8.29. The fourth-order valence-corrected chi connectivity index (χ4v) is 2.96. The van der Waals surface area contributed by atoms with Crippen molar-refractivity contribution in [2.24, 2.45) is 11.1 Å². The maximum atomic E-state index is 11.2. The highest BCUT2D eigenvalue weighted by Crippen LogP contribution is 2.29. The van der Waals surface area contributed by atoms with Gasteiger partial charge in [-0.2, -0.15) is 0 Å². The number of carboxylic acid groups (broad SMARTS) is 1. The van der Waals surface area contributed by atoms with E-state index in [0.29, 0.717) is 13.2 Å². The molecule has 1 aliphatic rings. The SMILES string of the molecule is C/C(=N/OCCCCC1COC(C)(C(=O)O)OC1C)c1cccc(C)c1. The number of oxime groups is 1. The second-order valence-electron chi connectivity index (χ2n) is 7.02. The predicted octanol–water partition coefficient (Wildman–Crippen LogP) is 3.76. The van der Waals surface area contributed by atoms with E-state index in [2.05, 4.69) is 24.2 Å². The smallest absolute Gasteiger partial charge is 0.364 e. The summed E-state index contributed by atoms with van der Waals surface area (Å²) in [5.41, 5.74) is 3.13. The van der Waals surface area contributed by atoms with Gasteiger partial charge in [-0.3, -0.25) is 0 Å². The number of ether oxygens (including phenoxy) is 2. The number of nitrogens with zero attached hydrogens (tertiary/aromatic N) is 1. The summed E-state index contributed by atoms with van der Waals surface area (Å²) in [4.78, 5) is 16.6. The zero-order chi connectivity index (χ0) is 19.2. The van der Waals surface area contributed by atoms with Gasteiger partial charge in [-0.1, -0.05) is 35.0 Å². The molecule has 0 aromatic heterocycles. The second kappa shape index (κ2) is 9.14. The quantitative estimate of drug-likeness (QED) is 0.432. The first-order valence-corrected chi connectivity index (χ1v) is 9.10. The van der Waals surface area contributed by atoms with E-state index < -0.39 is 11.8 Å². The third-order valence-corrected chi connectivity index (χ3v) is 4.73. The summed E-state index contributed by atoms with van der Waals surface area (Å²) < 4.78 is 10.9. The number of rotatable bonds is 8. The van der Waals surface area contributed by atoms with Crippen LogP contribution in [0.3, 0.4) is 0 Å². The van der Waals surface area contributed by atoms with Crippen molar-refractivity contribution in [3.8, 4) is 0 Å². The summed E-state index contributed by atoms with van der Waals surface area (Å²) in [6.07, 6.45) is 2.59. The van der Waals surface area contributed by atoms with Crippen molar-refractivity contribution < 1.29 is 24.2 Å². The molecule has 1 aliphatic heterocycles. The Hall–Kier alpha value is -1.92. The van der Waals surface area contributed by atoms with E-state index in [1.54, 1.807) is 0 Å². The van der Waals surface area contributed by atoms with Crippen LogP contribution in [0.4, 0.5) is 0 Å². The molecule has 0 amide bonds. The maximum Gasteiger partial charge on any atom is 0.364 e. The molecule has 1 heterocycles. The van der Waals surface area contributed by atoms with Gasteiger partial charge in [0, 0.05) is 12.8 Å². The van der Waals surface area contributed by atoms with Crippen LogP contribution < -0.4 is 0 Å². The normalized spacial score (nSPS) is 26.5. The van der Waals surface area contributed by atoms with E-state index in [4.69, 9.17) is 19.4 Å². The van der Waals surface area contributed by atoms with Crippen molar-refractivity contribution in [1.29, 1.82) is 0 Å². The lowest BCUT2D eigenvalue weighted by atomic mass is 9.96. The van der Waals surface area contributed by atoms with Gasteiger partial charge in [0.1, 0.15) is 6.61 Å². The van der Waals surface area contributed by atoms with Crippen LogP contribution in [0.5, 0.6) is 0 Å². The lowest BCUT2D eigenvalue weighted by molar-refractivity contribution is -0.292. The van der Waals surface area contributed by atoms with Crippen molar-refractivity contribution in [1.82, 2.24) is 0 Å². The summed E-state index contributed by atoms with van der Waals surface area (Å²) >= 11 is 0. The van der Waals surface area contributed by atoms with Crippen molar-refractivity contribution in [2.75, 3.05) is 13.2 Å². The fourth-order valence-electron chi connectivity index (χ4n) is 2.96. The molecular formula is C20H29NO5. The molecule has 0 radical (unpaired) electrons. The van der Waals surface area contributed by atoms with E-state index >= 15 is 0 Å². The first kappa shape index (κ1) is 20.4. The lowest BCUT2D eigenvalue weighted by Gasteiger charge is -2.39. The Morgan fingerprint density at radius 2 is 2.19 bits per heavy atom. The molecule has 0 bridgehead atoms. The molecular weight excluding hydrogens is 334 g/mol. The van der Waals surface area contributed by atoms with E-state index in [-0.39, 0.29) is 12.0 Å². The van der Waals surface area contributed by atoms with Crippen LogP contribution in [-0.2, 0) is 19.1 Å². The number of aryl methyl sites for hydroxylation is 1. The zero-order valence-corrected chi connectivity index (χ0v) is 16.0. The highest BCUT2D eigenvalue weighted by Gasteiger charge is 2.43. The predicted molar refractivity (Wildman–Crippen MR) is 99.2 cm³/mol. The van der Waals surface area contributed by atoms with Crippen molar-refractivity contribution in [2.45, 2.75) is 58.8 Å². The fraction of sp³-hybridized carbons (Fsp3) is 0.600. The van der Waals surface area contributed by atoms with Gasteiger partial charge in [-0.25, -0.2) is 4.79 Å². The molecule has 3 unspecified atom stereocenters. The molecule has 26 heavy (non-hydrogen) atoms. The Morgan fingerprint density at radius 1 is 1.42 bits per heavy atom. The van der Waals surface area contributed by atoms with Gasteiger partial charge in [0.15, 0.2) is 0 Å². The number of carboxylic acids is 1. The monoisotopic (exact) mass is 363 g/mol. The summed E-state index contributed by atoms with van der Waals surface area (Å²) in [5.74, 6) is -2.42. The molecule has 1 fully saturated rings. The topological polar surface area (TPSA) is 77.4 Å². The van der Waals surface area contributed by atoms with Gasteiger partial charge in [0.05, 0.1) is 18.4 Å². The van der Waals surface area contributed by atoms with Gasteiger partial charge in [0.25, 0.3) is 5.79 Å². The van der Waals surface area contributed by atoms with E-state index in [1.807, 2.05) is 26.0 Å². The molecule has 6 nitrogen and oxygen atoms in total. The van der Waals surface area contributed by atoms with Gasteiger partial charge in [-0.15, -0.1) is 0 Å². The Labute approximate surface area is 155 Å². The third kappa shape index (κ3) is 5.54. The van der Waals surface area contributed by atoms with Gasteiger partial charge in [0.2, 0.25) is 0 Å². The molecule has 0 spiro atoms. The average Bonchev–Trinajstić information content (AvgIpc) is 2.59. The van der Waals surface area contributed by atoms with E-state index in [1.165, 1.54) is 12.5 Å². The van der Waals surface area contributed by atoms with E-state index in [0.717, 1.165) is 30.5 Å². The standard InChI is InChI=1S/C20H29NO5/c1-14-8-7-10-17(12-14)15(2)21-25-11-6-5-9-18-13-24-20(4,19(22)23)26-16(18)3/h7-8,10,12,16,18H,5-6,9,11,13H2,1-4H3,(H,22,23)/b21-15-. The highest BCUT2D eigenvalue weighted by molar-refractivity contribution is 5.98. The number of benzene rings is 1. The van der Waals surface area contributed by atoms with Crippen LogP contribution in [0.1, 0.15) is 51.2 Å². The van der Waals surface area contributed by atoms with Crippen LogP contribution in [0.25, 0.3) is 0 Å². The summed E-state index contributed by atoms with van der Waals surface area (Å²) in [7, 11) is 0. The van der Waals surface area contributed by atoms with Crippen molar-refractivity contribution >= 4 is 11.7 Å². The molecule has 3 atom stereocenters. The number of aliphatic carboxylic acids is 1. The van der Waals surface area contributed by atoms with Crippen molar-refractivity contribution in [3.05, 3.63) is 35.4 Å². The molecule has 1 saturated heterocycles. The lowest BCUT2D eigenvalue weighted by Crippen LogP contribution is -2.51. The zero-order valence-electron chi connectivity index (χ0n) is 16.0. The molecule has 6 heteroatoms. The summed E-state index contributed by atoms with van der Waals surface area (Å²) in [5, 5.41) is 13.3. The van der Waals surface area contributed by atoms with Crippen LogP contribution in [-0.4, -0.2) is 41.9 Å². The minimum absolute atomic E-state index is 0.146. The molecule has 1 N–H and O–H groups in total. The number of unbranched alkanes of at least 4 members (excludes halogenated alkanes) is 1. The summed E-state index contributed by atoms with van der Waals surface area (Å²) in [6, 6.07) is 8.16. The Morgan fingerprint density at radius 3 is 2.85 bits per heavy atom. The van der Waals surface area contributed by atoms with Gasteiger partial charge < -0.3 is 19.4 Å². The Balaban J connectivity index is 1.67. The minimum atomic E-state index is -1.53. The number of hydrogen-bond acceptors (Lipinski definition) is 5. The first-order chi connectivity index (χ1) is 12.3. The first-order valence-electron chi connectivity index (χ1n) is 9.10. The second-order valence-corrected chi connectivity index (χ2v) is 7.02. The van der Waals surface area contributed by atoms with Crippen molar-refractivity contribution in [3.63, 3.8) is 0 Å². The molecule has 1 aromatic rings. The van der Waals surface area contributed by atoms with Crippen LogP contribution >= 0.6 is 0 Å². The molecule has 2 rings (SSSR count). The maximum absolute atomic E-state index is 11.2. The Kier molecular flexibility index (Phi) is 7.17. The van der Waals surface area contributed by atoms with Crippen LogP contribution in [0, 0.1) is 12.8 Å². The molecule has 0 saturated carbocycles. The number of hydrogen-bond donors (Lipinski definition) is 1. The molecule has 1 aromatic carbocycles. The van der Waals surface area contributed by atoms with Crippen LogP contribution in [0.15, 0.2) is 29.4 Å². The highest BCUT2D eigenvalue weighted by atomic mass is 16.7.